The van der Waals surface area contributed by atoms with Crippen LogP contribution in [0.25, 0.3) is 0 Å². The molecular formula is C15H20Cl2N2O2S. The van der Waals surface area contributed by atoms with Crippen molar-refractivity contribution in [3.63, 3.8) is 0 Å². The summed E-state index contributed by atoms with van der Waals surface area (Å²) in [5.74, 6) is 0.613. The zero-order chi connectivity index (χ0) is 15.1. The van der Waals surface area contributed by atoms with Gasteiger partial charge in [-0.15, -0.1) is 24.2 Å². The second-order valence-electron chi connectivity index (χ2n) is 5.02. The van der Waals surface area contributed by atoms with Crippen molar-refractivity contribution in [3.8, 4) is 0 Å². The quantitative estimate of drug-likeness (QED) is 0.731. The van der Waals surface area contributed by atoms with E-state index in [9.17, 15) is 9.59 Å². The van der Waals surface area contributed by atoms with Crippen LogP contribution in [-0.2, 0) is 4.79 Å². The molecule has 4 nitrogen and oxygen atoms in total. The number of halogens is 2. The molecule has 0 bridgehead atoms. The van der Waals surface area contributed by atoms with Gasteiger partial charge < -0.3 is 10.6 Å². The van der Waals surface area contributed by atoms with Crippen LogP contribution in [0.15, 0.2) is 24.3 Å². The van der Waals surface area contributed by atoms with Gasteiger partial charge in [-0.25, -0.2) is 0 Å². The number of hydrogen-bond acceptors (Lipinski definition) is 4. The van der Waals surface area contributed by atoms with E-state index in [-0.39, 0.29) is 24.1 Å². The van der Waals surface area contributed by atoms with E-state index in [0.29, 0.717) is 34.7 Å². The van der Waals surface area contributed by atoms with E-state index in [1.165, 1.54) is 18.2 Å². The van der Waals surface area contributed by atoms with Gasteiger partial charge in [0.2, 0.25) is 5.91 Å². The minimum absolute atomic E-state index is 0. The summed E-state index contributed by atoms with van der Waals surface area (Å²) < 4.78 is 0. The highest BCUT2D eigenvalue weighted by Crippen LogP contribution is 2.12. The first-order valence-corrected chi connectivity index (χ1v) is 8.55. The standard InChI is InChI=1S/C15H19ClN2O2S.ClH/c16-12-5-3-11(4-6-12)14(19)9-21-10-15(20)18-8-13-2-1-7-17-13;/h3-6,13,17H,1-2,7-10H2,(H,18,20);1H. The zero-order valence-corrected chi connectivity index (χ0v) is 14.5. The average Bonchev–Trinajstić information content (AvgIpc) is 2.99. The van der Waals surface area contributed by atoms with Crippen molar-refractivity contribution in [2.75, 3.05) is 24.6 Å². The number of hydrogen-bond donors (Lipinski definition) is 2. The molecule has 22 heavy (non-hydrogen) atoms. The van der Waals surface area contributed by atoms with E-state index < -0.39 is 0 Å². The lowest BCUT2D eigenvalue weighted by Gasteiger charge is -2.11. The first kappa shape index (κ1) is 19.3. The van der Waals surface area contributed by atoms with E-state index in [4.69, 9.17) is 11.6 Å². The van der Waals surface area contributed by atoms with Gasteiger partial charge in [-0.05, 0) is 43.7 Å². The van der Waals surface area contributed by atoms with Crippen molar-refractivity contribution in [1.29, 1.82) is 0 Å². The molecule has 1 amide bonds. The topological polar surface area (TPSA) is 58.2 Å². The molecule has 1 aliphatic rings. The first-order valence-electron chi connectivity index (χ1n) is 7.02. The molecule has 1 heterocycles. The Morgan fingerprint density at radius 3 is 2.64 bits per heavy atom. The fraction of sp³-hybridized carbons (Fsp3) is 0.467. The SMILES string of the molecule is Cl.O=C(CSCC(=O)c1ccc(Cl)cc1)NCC1CCCN1. The van der Waals surface area contributed by atoms with Crippen LogP contribution in [0.4, 0.5) is 0 Å². The third kappa shape index (κ3) is 6.57. The van der Waals surface area contributed by atoms with Gasteiger partial charge in [0, 0.05) is 23.2 Å². The Balaban J connectivity index is 0.00000242. The van der Waals surface area contributed by atoms with Crippen molar-refractivity contribution < 1.29 is 9.59 Å². The Hall–Kier alpha value is -0.750. The van der Waals surface area contributed by atoms with Crippen LogP contribution < -0.4 is 10.6 Å². The van der Waals surface area contributed by atoms with Crippen LogP contribution in [-0.4, -0.2) is 42.3 Å². The molecule has 0 spiro atoms. The number of Topliss-reactive ketones (excluding diaryl/α,β-unsaturated/α-hetero) is 1. The van der Waals surface area contributed by atoms with E-state index in [1.54, 1.807) is 24.3 Å². The Labute approximate surface area is 146 Å². The van der Waals surface area contributed by atoms with Crippen molar-refractivity contribution >= 4 is 47.5 Å². The van der Waals surface area contributed by atoms with E-state index >= 15 is 0 Å². The number of benzene rings is 1. The summed E-state index contributed by atoms with van der Waals surface area (Å²) in [5.41, 5.74) is 0.627. The van der Waals surface area contributed by atoms with Crippen molar-refractivity contribution in [3.05, 3.63) is 34.9 Å². The molecule has 1 aromatic carbocycles. The van der Waals surface area contributed by atoms with E-state index in [1.807, 2.05) is 0 Å². The van der Waals surface area contributed by atoms with Crippen LogP contribution in [0.5, 0.6) is 0 Å². The van der Waals surface area contributed by atoms with Gasteiger partial charge in [-0.1, -0.05) is 11.6 Å². The highest BCUT2D eigenvalue weighted by atomic mass is 35.5. The number of nitrogens with one attached hydrogen (secondary N) is 2. The van der Waals surface area contributed by atoms with Gasteiger partial charge in [-0.2, -0.15) is 0 Å². The maximum absolute atomic E-state index is 11.9. The third-order valence-corrected chi connectivity index (χ3v) is 4.53. The smallest absolute Gasteiger partial charge is 0.230 e. The first-order chi connectivity index (χ1) is 10.1. The van der Waals surface area contributed by atoms with Gasteiger partial charge in [-0.3, -0.25) is 9.59 Å². The molecular weight excluding hydrogens is 343 g/mol. The number of carbonyl (C=O) groups excluding carboxylic acids is 2. The molecule has 0 aromatic heterocycles. The van der Waals surface area contributed by atoms with Crippen LogP contribution in [0.1, 0.15) is 23.2 Å². The monoisotopic (exact) mass is 362 g/mol. The predicted octanol–water partition coefficient (Wildman–Crippen LogP) is 2.55. The number of amides is 1. The normalized spacial score (nSPS) is 16.9. The van der Waals surface area contributed by atoms with E-state index in [2.05, 4.69) is 10.6 Å². The van der Waals surface area contributed by atoms with Gasteiger partial charge >= 0.3 is 0 Å². The Morgan fingerprint density at radius 1 is 1.27 bits per heavy atom. The van der Waals surface area contributed by atoms with Gasteiger partial charge in [0.25, 0.3) is 0 Å². The lowest BCUT2D eigenvalue weighted by Crippen LogP contribution is -2.38. The predicted molar refractivity (Wildman–Crippen MR) is 94.4 cm³/mol. The molecule has 1 saturated heterocycles. The molecule has 1 aromatic rings. The molecule has 2 N–H and O–H groups in total. The van der Waals surface area contributed by atoms with Gasteiger partial charge in [0.15, 0.2) is 5.78 Å². The summed E-state index contributed by atoms with van der Waals surface area (Å²) in [6.07, 6.45) is 2.29. The number of thioether (sulfide) groups is 1. The Morgan fingerprint density at radius 2 is 2.00 bits per heavy atom. The van der Waals surface area contributed by atoms with Gasteiger partial charge in [0.1, 0.15) is 0 Å². The second kappa shape index (κ2) is 10.1. The van der Waals surface area contributed by atoms with Gasteiger partial charge in [0.05, 0.1) is 11.5 Å². The maximum Gasteiger partial charge on any atom is 0.230 e. The van der Waals surface area contributed by atoms with Crippen molar-refractivity contribution in [2.24, 2.45) is 0 Å². The highest BCUT2D eigenvalue weighted by molar-refractivity contribution is 8.00. The lowest BCUT2D eigenvalue weighted by molar-refractivity contribution is -0.118. The number of rotatable bonds is 7. The Bertz CT molecular complexity index is 491. The molecule has 122 valence electrons. The average molecular weight is 363 g/mol. The molecule has 1 atom stereocenters. The summed E-state index contributed by atoms with van der Waals surface area (Å²) in [5, 5.41) is 6.83. The van der Waals surface area contributed by atoms with Crippen LogP contribution in [0, 0.1) is 0 Å². The van der Waals surface area contributed by atoms with Crippen LogP contribution >= 0.6 is 35.8 Å². The summed E-state index contributed by atoms with van der Waals surface area (Å²) in [6.45, 7) is 1.70. The molecule has 1 unspecified atom stereocenters. The number of carbonyl (C=O) groups is 2. The largest absolute Gasteiger partial charge is 0.354 e. The molecule has 1 aliphatic heterocycles. The summed E-state index contributed by atoms with van der Waals surface area (Å²) in [6, 6.07) is 7.20. The number of ketones is 1. The fourth-order valence-electron chi connectivity index (χ4n) is 2.17. The van der Waals surface area contributed by atoms with Crippen molar-refractivity contribution in [1.82, 2.24) is 10.6 Å². The summed E-state index contributed by atoms with van der Waals surface area (Å²) in [4.78, 5) is 23.6. The molecule has 0 aliphatic carbocycles. The van der Waals surface area contributed by atoms with Crippen molar-refractivity contribution in [2.45, 2.75) is 18.9 Å². The zero-order valence-electron chi connectivity index (χ0n) is 12.1. The Kier molecular flexibility index (Phi) is 8.86. The molecule has 7 heteroatoms. The lowest BCUT2D eigenvalue weighted by atomic mass is 10.1. The third-order valence-electron chi connectivity index (χ3n) is 3.34. The molecule has 2 rings (SSSR count). The van der Waals surface area contributed by atoms with Crippen LogP contribution in [0.3, 0.4) is 0 Å². The molecule has 0 saturated carbocycles. The second-order valence-corrected chi connectivity index (χ2v) is 6.44. The maximum atomic E-state index is 11.9. The van der Waals surface area contributed by atoms with E-state index in [0.717, 1.165) is 13.0 Å². The minimum Gasteiger partial charge on any atom is -0.354 e. The summed E-state index contributed by atoms with van der Waals surface area (Å²) in [7, 11) is 0. The molecule has 1 fully saturated rings. The molecule has 0 radical (unpaired) electrons. The summed E-state index contributed by atoms with van der Waals surface area (Å²) >= 11 is 7.11. The fourth-order valence-corrected chi connectivity index (χ4v) is 3.04. The van der Waals surface area contributed by atoms with Crippen LogP contribution in [0.2, 0.25) is 5.02 Å². The minimum atomic E-state index is -0.0161. The highest BCUT2D eigenvalue weighted by Gasteiger charge is 2.14.